The number of rotatable bonds is 0. The summed E-state index contributed by atoms with van der Waals surface area (Å²) in [4.78, 5) is 0. The van der Waals surface area contributed by atoms with E-state index in [4.69, 9.17) is 0 Å². The standard InChI is InChI=1S/C5H8BrSi/c1-7(2)5-3-4-6/h4H2,1-2H3. The van der Waals surface area contributed by atoms with Crippen LogP contribution in [0.25, 0.3) is 0 Å². The summed E-state index contributed by atoms with van der Waals surface area (Å²) in [5, 5.41) is 0.822. The highest BCUT2D eigenvalue weighted by Crippen LogP contribution is 1.76. The molecular formula is C5H8BrSi. The molecule has 0 aromatic carbocycles. The summed E-state index contributed by atoms with van der Waals surface area (Å²) in [5.74, 6) is 2.96. The highest BCUT2D eigenvalue weighted by atomic mass is 79.9. The van der Waals surface area contributed by atoms with Gasteiger partial charge in [0, 0.05) is 0 Å². The average molecular weight is 176 g/mol. The van der Waals surface area contributed by atoms with Crippen LogP contribution in [0, 0.1) is 11.5 Å². The second-order valence-electron chi connectivity index (χ2n) is 1.44. The van der Waals surface area contributed by atoms with Gasteiger partial charge in [-0.3, -0.25) is 0 Å². The van der Waals surface area contributed by atoms with E-state index < -0.39 is 0 Å². The van der Waals surface area contributed by atoms with Crippen LogP contribution in [0.15, 0.2) is 0 Å². The van der Waals surface area contributed by atoms with Gasteiger partial charge in [-0.1, -0.05) is 34.9 Å². The molecule has 0 saturated heterocycles. The van der Waals surface area contributed by atoms with Gasteiger partial charge in [0.05, 0.1) is 5.33 Å². The Morgan fingerprint density at radius 2 is 2.14 bits per heavy atom. The monoisotopic (exact) mass is 175 g/mol. The lowest BCUT2D eigenvalue weighted by atomic mass is 10.8. The third-order valence-electron chi connectivity index (χ3n) is 0.405. The molecule has 0 rings (SSSR count). The third kappa shape index (κ3) is 6.26. The molecule has 0 aromatic heterocycles. The minimum atomic E-state index is -0.288. The third-order valence-corrected chi connectivity index (χ3v) is 1.36. The minimum absolute atomic E-state index is 0.288. The van der Waals surface area contributed by atoms with Crippen LogP contribution < -0.4 is 0 Å². The molecule has 0 spiro atoms. The van der Waals surface area contributed by atoms with Crippen molar-refractivity contribution in [2.75, 3.05) is 5.33 Å². The van der Waals surface area contributed by atoms with Crippen molar-refractivity contribution in [3.05, 3.63) is 0 Å². The largest absolute Gasteiger partial charge is 0.138 e. The van der Waals surface area contributed by atoms with Gasteiger partial charge in [0.1, 0.15) is 8.80 Å². The van der Waals surface area contributed by atoms with Gasteiger partial charge in [-0.05, 0) is 0 Å². The van der Waals surface area contributed by atoms with Crippen molar-refractivity contribution < 1.29 is 0 Å². The molecule has 0 nitrogen and oxygen atoms in total. The molecule has 0 N–H and O–H groups in total. The second-order valence-corrected chi connectivity index (χ2v) is 4.25. The van der Waals surface area contributed by atoms with Crippen molar-refractivity contribution in [1.29, 1.82) is 0 Å². The Hall–Kier alpha value is 0.257. The minimum Gasteiger partial charge on any atom is -0.133 e. The van der Waals surface area contributed by atoms with Crippen LogP contribution in [-0.4, -0.2) is 14.1 Å². The molecule has 0 aliphatic rings. The Kier molecular flexibility index (Phi) is 4.58. The van der Waals surface area contributed by atoms with E-state index in [0.29, 0.717) is 0 Å². The first-order valence-corrected chi connectivity index (χ1v) is 5.74. The first-order chi connectivity index (χ1) is 3.27. The maximum atomic E-state index is 3.22. The van der Waals surface area contributed by atoms with Gasteiger partial charge in [0.25, 0.3) is 0 Å². The van der Waals surface area contributed by atoms with Crippen LogP contribution in [0.2, 0.25) is 13.1 Å². The van der Waals surface area contributed by atoms with E-state index in [1.165, 1.54) is 0 Å². The van der Waals surface area contributed by atoms with E-state index in [2.05, 4.69) is 40.5 Å². The second kappa shape index (κ2) is 4.42. The fourth-order valence-electron chi connectivity index (χ4n) is 0.210. The van der Waals surface area contributed by atoms with Gasteiger partial charge in [-0.2, -0.15) is 0 Å². The first-order valence-electron chi connectivity index (χ1n) is 2.12. The van der Waals surface area contributed by atoms with Gasteiger partial charge < -0.3 is 0 Å². The Balaban J connectivity index is 3.24. The topological polar surface area (TPSA) is 0 Å². The normalized spacial score (nSPS) is 8.00. The van der Waals surface area contributed by atoms with E-state index in [0.717, 1.165) is 5.33 Å². The number of hydrogen-bond donors (Lipinski definition) is 0. The first kappa shape index (κ1) is 7.26. The lowest BCUT2D eigenvalue weighted by Crippen LogP contribution is -1.92. The fourth-order valence-corrected chi connectivity index (χ4v) is 1.05. The van der Waals surface area contributed by atoms with Crippen LogP contribution in [-0.2, 0) is 0 Å². The summed E-state index contributed by atoms with van der Waals surface area (Å²) in [6.07, 6.45) is 0. The average Bonchev–Trinajstić information content (AvgIpc) is 1.61. The van der Waals surface area contributed by atoms with E-state index in [9.17, 15) is 0 Å². The molecule has 0 aromatic rings. The molecule has 39 valence electrons. The molecule has 0 heterocycles. The maximum Gasteiger partial charge on any atom is 0.138 e. The molecule has 0 fully saturated rings. The molecule has 7 heavy (non-hydrogen) atoms. The number of halogens is 1. The van der Waals surface area contributed by atoms with Crippen LogP contribution in [0.5, 0.6) is 0 Å². The fraction of sp³-hybridized carbons (Fsp3) is 0.600. The summed E-state index contributed by atoms with van der Waals surface area (Å²) in [6.45, 7) is 4.36. The van der Waals surface area contributed by atoms with Gasteiger partial charge in [0.15, 0.2) is 0 Å². The molecule has 1 radical (unpaired) electrons. The molecule has 0 unspecified atom stereocenters. The summed E-state index contributed by atoms with van der Waals surface area (Å²) in [6, 6.07) is 0. The van der Waals surface area contributed by atoms with Gasteiger partial charge in [-0.15, -0.1) is 5.54 Å². The Morgan fingerprint density at radius 3 is 2.29 bits per heavy atom. The van der Waals surface area contributed by atoms with Crippen molar-refractivity contribution in [1.82, 2.24) is 0 Å². The van der Waals surface area contributed by atoms with Crippen LogP contribution >= 0.6 is 15.9 Å². The Bertz CT molecular complexity index is 88.0. The van der Waals surface area contributed by atoms with Crippen molar-refractivity contribution in [2.24, 2.45) is 0 Å². The van der Waals surface area contributed by atoms with Crippen LogP contribution in [0.1, 0.15) is 0 Å². The quantitative estimate of drug-likeness (QED) is 0.299. The number of hydrogen-bond acceptors (Lipinski definition) is 0. The lowest BCUT2D eigenvalue weighted by molar-refractivity contribution is 1.97. The zero-order chi connectivity index (χ0) is 5.70. The van der Waals surface area contributed by atoms with Crippen molar-refractivity contribution in [3.63, 3.8) is 0 Å². The summed E-state index contributed by atoms with van der Waals surface area (Å²) >= 11 is 3.22. The molecule has 0 bridgehead atoms. The molecular weight excluding hydrogens is 168 g/mol. The highest BCUT2D eigenvalue weighted by molar-refractivity contribution is 9.09. The molecule has 0 atom stereocenters. The van der Waals surface area contributed by atoms with E-state index >= 15 is 0 Å². The zero-order valence-electron chi connectivity index (χ0n) is 4.59. The molecule has 0 amide bonds. The predicted octanol–water partition coefficient (Wildman–Crippen LogP) is 1.68. The van der Waals surface area contributed by atoms with E-state index in [1.807, 2.05) is 0 Å². The summed E-state index contributed by atoms with van der Waals surface area (Å²) in [7, 11) is -0.288. The van der Waals surface area contributed by atoms with E-state index in [1.54, 1.807) is 0 Å². The van der Waals surface area contributed by atoms with Gasteiger partial charge in [-0.25, -0.2) is 0 Å². The lowest BCUT2D eigenvalue weighted by Gasteiger charge is -1.79. The van der Waals surface area contributed by atoms with Crippen LogP contribution in [0.4, 0.5) is 0 Å². The van der Waals surface area contributed by atoms with Crippen LogP contribution in [0.3, 0.4) is 0 Å². The smallest absolute Gasteiger partial charge is 0.133 e. The van der Waals surface area contributed by atoms with Crippen molar-refractivity contribution in [3.8, 4) is 11.5 Å². The van der Waals surface area contributed by atoms with E-state index in [-0.39, 0.29) is 8.80 Å². The van der Waals surface area contributed by atoms with Crippen molar-refractivity contribution >= 4 is 24.7 Å². The summed E-state index contributed by atoms with van der Waals surface area (Å²) in [5.41, 5.74) is 3.10. The predicted molar refractivity (Wildman–Crippen MR) is 39.1 cm³/mol. The maximum absolute atomic E-state index is 3.22. The summed E-state index contributed by atoms with van der Waals surface area (Å²) < 4.78 is 0. The highest BCUT2D eigenvalue weighted by Gasteiger charge is 1.82. The Labute approximate surface area is 55.0 Å². The van der Waals surface area contributed by atoms with Gasteiger partial charge >= 0.3 is 0 Å². The Morgan fingerprint density at radius 1 is 1.57 bits per heavy atom. The SMILES string of the molecule is C[Si](C)C#CCBr. The molecule has 0 aliphatic heterocycles. The number of alkyl halides is 1. The van der Waals surface area contributed by atoms with Crippen molar-refractivity contribution in [2.45, 2.75) is 13.1 Å². The molecule has 2 heteroatoms. The molecule has 0 aliphatic carbocycles. The molecule has 0 saturated carbocycles. The zero-order valence-corrected chi connectivity index (χ0v) is 7.17. The van der Waals surface area contributed by atoms with Gasteiger partial charge in [0.2, 0.25) is 0 Å².